The van der Waals surface area contributed by atoms with Crippen LogP contribution < -0.4 is 5.32 Å². The van der Waals surface area contributed by atoms with Crippen LogP contribution in [0.2, 0.25) is 0 Å². The van der Waals surface area contributed by atoms with Crippen molar-refractivity contribution in [1.29, 1.82) is 0 Å². The molecular weight excluding hydrogens is 256 g/mol. The van der Waals surface area contributed by atoms with Crippen LogP contribution in [0.25, 0.3) is 0 Å². The Morgan fingerprint density at radius 2 is 1.90 bits per heavy atom. The van der Waals surface area contributed by atoms with Crippen LogP contribution >= 0.6 is 0 Å². The second-order valence-electron chi connectivity index (χ2n) is 7.06. The first-order valence-electron chi connectivity index (χ1n) is 8.75. The third-order valence-corrected chi connectivity index (χ3v) is 5.97. The van der Waals surface area contributed by atoms with E-state index in [0.717, 1.165) is 12.6 Å². The van der Waals surface area contributed by atoms with Crippen LogP contribution in [-0.2, 0) is 12.8 Å². The normalized spacial score (nSPS) is 29.1. The maximum atomic E-state index is 3.83. The summed E-state index contributed by atoms with van der Waals surface area (Å²) in [7, 11) is 0. The summed E-state index contributed by atoms with van der Waals surface area (Å²) in [4.78, 5) is 2.80. The molecule has 1 aliphatic carbocycles. The van der Waals surface area contributed by atoms with E-state index in [-0.39, 0.29) is 0 Å². The van der Waals surface area contributed by atoms with Crippen molar-refractivity contribution in [3.05, 3.63) is 35.4 Å². The number of hydrogen-bond acceptors (Lipinski definition) is 2. The molecule has 0 spiro atoms. The number of rotatable bonds is 3. The second kappa shape index (κ2) is 6.10. The van der Waals surface area contributed by atoms with Crippen LogP contribution in [-0.4, -0.2) is 35.6 Å². The maximum absolute atomic E-state index is 3.83. The van der Waals surface area contributed by atoms with Crippen molar-refractivity contribution in [2.75, 3.05) is 13.1 Å². The Morgan fingerprint density at radius 3 is 2.62 bits per heavy atom. The molecule has 2 atom stereocenters. The van der Waals surface area contributed by atoms with Crippen molar-refractivity contribution in [3.8, 4) is 0 Å². The predicted octanol–water partition coefficient (Wildman–Crippen LogP) is 3.40. The van der Waals surface area contributed by atoms with Gasteiger partial charge in [0.2, 0.25) is 0 Å². The Hall–Kier alpha value is -0.860. The predicted molar refractivity (Wildman–Crippen MR) is 89.7 cm³/mol. The van der Waals surface area contributed by atoms with Crippen LogP contribution in [0.1, 0.15) is 51.2 Å². The molecule has 0 amide bonds. The molecule has 0 aromatic heterocycles. The Labute approximate surface area is 129 Å². The molecule has 1 fully saturated rings. The highest BCUT2D eigenvalue weighted by Crippen LogP contribution is 2.30. The van der Waals surface area contributed by atoms with E-state index < -0.39 is 0 Å². The number of piperazine rings is 1. The lowest BCUT2D eigenvalue weighted by Gasteiger charge is -2.50. The van der Waals surface area contributed by atoms with Crippen LogP contribution in [0.4, 0.5) is 0 Å². The molecule has 0 bridgehead atoms. The minimum Gasteiger partial charge on any atom is -0.308 e. The molecule has 2 heteroatoms. The van der Waals surface area contributed by atoms with Gasteiger partial charge < -0.3 is 5.32 Å². The van der Waals surface area contributed by atoms with Gasteiger partial charge >= 0.3 is 0 Å². The fourth-order valence-electron chi connectivity index (χ4n) is 4.22. The Bertz CT molecular complexity index is 478. The molecule has 2 unspecified atom stereocenters. The summed E-state index contributed by atoms with van der Waals surface area (Å²) in [6, 6.07) is 10.4. The first-order chi connectivity index (χ1) is 10.2. The van der Waals surface area contributed by atoms with Crippen LogP contribution in [0.5, 0.6) is 0 Å². The lowest BCUT2D eigenvalue weighted by molar-refractivity contribution is 0.0389. The number of hydrogen-bond donors (Lipinski definition) is 1. The van der Waals surface area contributed by atoms with E-state index >= 15 is 0 Å². The standard InChI is InChI=1S/C19H30N2/c1-4-19(5-2)14-21(15(3)13-20-19)18-11-10-16-8-6-7-9-17(16)12-18/h6-9,15,18,20H,4-5,10-14H2,1-3H3. The highest BCUT2D eigenvalue weighted by Gasteiger charge is 2.38. The van der Waals surface area contributed by atoms with E-state index in [0.29, 0.717) is 11.6 Å². The average Bonchev–Trinajstić information content (AvgIpc) is 2.55. The van der Waals surface area contributed by atoms with Gasteiger partial charge in [-0.3, -0.25) is 4.90 Å². The fourth-order valence-corrected chi connectivity index (χ4v) is 4.22. The summed E-state index contributed by atoms with van der Waals surface area (Å²) in [5.74, 6) is 0. The van der Waals surface area contributed by atoms with Gasteiger partial charge in [-0.05, 0) is 50.2 Å². The lowest BCUT2D eigenvalue weighted by Crippen LogP contribution is -2.65. The van der Waals surface area contributed by atoms with Crippen LogP contribution in [0.15, 0.2) is 24.3 Å². The van der Waals surface area contributed by atoms with E-state index in [1.807, 2.05) is 0 Å². The van der Waals surface area contributed by atoms with Crippen LogP contribution in [0, 0.1) is 0 Å². The minimum atomic E-state index is 0.337. The molecular formula is C19H30N2. The van der Waals surface area contributed by atoms with Crippen molar-refractivity contribution < 1.29 is 0 Å². The van der Waals surface area contributed by atoms with Gasteiger partial charge in [-0.2, -0.15) is 0 Å². The number of aryl methyl sites for hydroxylation is 1. The quantitative estimate of drug-likeness (QED) is 0.916. The third-order valence-electron chi connectivity index (χ3n) is 5.97. The topological polar surface area (TPSA) is 15.3 Å². The number of fused-ring (bicyclic) bond motifs is 1. The molecule has 1 aromatic carbocycles. The SMILES string of the molecule is CCC1(CC)CN(C2CCc3ccccc3C2)C(C)CN1. The summed E-state index contributed by atoms with van der Waals surface area (Å²) in [5.41, 5.74) is 3.50. The van der Waals surface area contributed by atoms with Gasteiger partial charge in [-0.25, -0.2) is 0 Å². The van der Waals surface area contributed by atoms with Crippen LogP contribution in [0.3, 0.4) is 0 Å². The number of benzene rings is 1. The van der Waals surface area contributed by atoms with Gasteiger partial charge in [0.25, 0.3) is 0 Å². The number of nitrogens with zero attached hydrogens (tertiary/aromatic N) is 1. The van der Waals surface area contributed by atoms with Gasteiger partial charge in [0.1, 0.15) is 0 Å². The molecule has 116 valence electrons. The molecule has 0 saturated carbocycles. The van der Waals surface area contributed by atoms with Gasteiger partial charge in [0, 0.05) is 30.7 Å². The van der Waals surface area contributed by atoms with Gasteiger partial charge in [-0.15, -0.1) is 0 Å². The summed E-state index contributed by atoms with van der Waals surface area (Å²) >= 11 is 0. The smallest absolute Gasteiger partial charge is 0.0304 e. The molecule has 0 radical (unpaired) electrons. The van der Waals surface area contributed by atoms with Crippen molar-refractivity contribution in [2.45, 2.75) is 70.5 Å². The average molecular weight is 286 g/mol. The summed E-state index contributed by atoms with van der Waals surface area (Å²) in [6.45, 7) is 9.41. The first-order valence-corrected chi connectivity index (χ1v) is 8.75. The molecule has 2 nitrogen and oxygen atoms in total. The lowest BCUT2D eigenvalue weighted by atomic mass is 9.83. The third kappa shape index (κ3) is 2.89. The molecule has 1 heterocycles. The molecule has 3 rings (SSSR count). The number of nitrogens with one attached hydrogen (secondary N) is 1. The van der Waals surface area contributed by atoms with Gasteiger partial charge in [-0.1, -0.05) is 38.1 Å². The van der Waals surface area contributed by atoms with E-state index in [2.05, 4.69) is 55.3 Å². The summed E-state index contributed by atoms with van der Waals surface area (Å²) in [6.07, 6.45) is 6.28. The highest BCUT2D eigenvalue weighted by molar-refractivity contribution is 5.30. The van der Waals surface area contributed by atoms with Gasteiger partial charge in [0.15, 0.2) is 0 Å². The molecule has 1 saturated heterocycles. The monoisotopic (exact) mass is 286 g/mol. The van der Waals surface area contributed by atoms with E-state index in [9.17, 15) is 0 Å². The van der Waals surface area contributed by atoms with Crippen molar-refractivity contribution in [3.63, 3.8) is 0 Å². The second-order valence-corrected chi connectivity index (χ2v) is 7.06. The Balaban J connectivity index is 1.77. The fraction of sp³-hybridized carbons (Fsp3) is 0.684. The Morgan fingerprint density at radius 1 is 1.19 bits per heavy atom. The first kappa shape index (κ1) is 15.1. The summed E-state index contributed by atoms with van der Waals surface area (Å²) < 4.78 is 0. The zero-order valence-electron chi connectivity index (χ0n) is 13.9. The Kier molecular flexibility index (Phi) is 4.37. The minimum absolute atomic E-state index is 0.337. The zero-order chi connectivity index (χ0) is 14.9. The molecule has 1 N–H and O–H groups in total. The van der Waals surface area contributed by atoms with E-state index in [4.69, 9.17) is 0 Å². The zero-order valence-corrected chi connectivity index (χ0v) is 13.9. The maximum Gasteiger partial charge on any atom is 0.0304 e. The largest absolute Gasteiger partial charge is 0.308 e. The van der Waals surface area contributed by atoms with Crippen molar-refractivity contribution in [1.82, 2.24) is 10.2 Å². The van der Waals surface area contributed by atoms with Crippen molar-refractivity contribution in [2.24, 2.45) is 0 Å². The van der Waals surface area contributed by atoms with E-state index in [1.54, 1.807) is 11.1 Å². The summed E-state index contributed by atoms with van der Waals surface area (Å²) in [5, 5.41) is 3.83. The molecule has 2 aliphatic rings. The molecule has 1 aromatic rings. The van der Waals surface area contributed by atoms with Gasteiger partial charge in [0.05, 0.1) is 0 Å². The molecule has 1 aliphatic heterocycles. The molecule has 21 heavy (non-hydrogen) atoms. The van der Waals surface area contributed by atoms with E-state index in [1.165, 1.54) is 38.6 Å². The van der Waals surface area contributed by atoms with Crippen molar-refractivity contribution >= 4 is 0 Å². The highest BCUT2D eigenvalue weighted by atomic mass is 15.3.